The summed E-state index contributed by atoms with van der Waals surface area (Å²) in [4.78, 5) is 12.5. The van der Waals surface area contributed by atoms with Gasteiger partial charge in [0.05, 0.1) is 23.3 Å². The Kier molecular flexibility index (Phi) is 5.58. The van der Waals surface area contributed by atoms with Crippen molar-refractivity contribution in [2.75, 3.05) is 23.7 Å². The monoisotopic (exact) mass is 438 g/mol. The molecule has 0 bridgehead atoms. The van der Waals surface area contributed by atoms with E-state index in [4.69, 9.17) is 0 Å². The number of nitrogens with zero attached hydrogens (tertiary/aromatic N) is 3. The number of nitrogens with one attached hydrogen (secondary N) is 1. The molecule has 1 aliphatic heterocycles. The van der Waals surface area contributed by atoms with E-state index in [1.807, 2.05) is 48.9 Å². The van der Waals surface area contributed by atoms with Crippen LogP contribution < -0.4 is 9.62 Å². The summed E-state index contributed by atoms with van der Waals surface area (Å²) in [7, 11) is -3.29. The average molecular weight is 439 g/mol. The van der Waals surface area contributed by atoms with Crippen LogP contribution in [0.2, 0.25) is 0 Å². The maximum atomic E-state index is 12.5. The van der Waals surface area contributed by atoms with E-state index in [2.05, 4.69) is 10.4 Å². The number of rotatable bonds is 6. The van der Waals surface area contributed by atoms with Gasteiger partial charge in [0, 0.05) is 24.3 Å². The van der Waals surface area contributed by atoms with E-state index in [1.165, 1.54) is 10.6 Å². The number of sulfonamides is 1. The summed E-state index contributed by atoms with van der Waals surface area (Å²) in [5.41, 5.74) is 6.32. The second kappa shape index (κ2) is 8.19. The van der Waals surface area contributed by atoms with Gasteiger partial charge in [0.2, 0.25) is 10.0 Å². The zero-order valence-corrected chi connectivity index (χ0v) is 18.7. The first-order chi connectivity index (χ1) is 14.7. The highest BCUT2D eigenvalue weighted by molar-refractivity contribution is 7.92. The summed E-state index contributed by atoms with van der Waals surface area (Å²) in [6.07, 6.45) is 2.54. The molecule has 0 saturated heterocycles. The van der Waals surface area contributed by atoms with E-state index in [0.717, 1.165) is 34.6 Å². The Balaban J connectivity index is 1.35. The van der Waals surface area contributed by atoms with Crippen molar-refractivity contribution < 1.29 is 13.2 Å². The molecule has 162 valence electrons. The van der Waals surface area contributed by atoms with Crippen molar-refractivity contribution in [1.82, 2.24) is 15.1 Å². The number of carbonyl (C=O) groups is 1. The quantitative estimate of drug-likeness (QED) is 0.641. The van der Waals surface area contributed by atoms with E-state index >= 15 is 0 Å². The second-order valence-electron chi connectivity index (χ2n) is 7.94. The molecular formula is C23H26N4O3S. The highest BCUT2D eigenvalue weighted by Crippen LogP contribution is 2.30. The van der Waals surface area contributed by atoms with Crippen molar-refractivity contribution in [2.24, 2.45) is 0 Å². The van der Waals surface area contributed by atoms with Crippen LogP contribution in [0.25, 0.3) is 5.69 Å². The number of anilines is 1. The Morgan fingerprint density at radius 1 is 1.10 bits per heavy atom. The van der Waals surface area contributed by atoms with Crippen molar-refractivity contribution in [3.8, 4) is 5.69 Å². The molecule has 4 rings (SSSR count). The minimum atomic E-state index is -3.29. The zero-order chi connectivity index (χ0) is 22.2. The van der Waals surface area contributed by atoms with Crippen molar-refractivity contribution >= 4 is 21.6 Å². The van der Waals surface area contributed by atoms with E-state index in [0.29, 0.717) is 30.8 Å². The zero-order valence-electron chi connectivity index (χ0n) is 17.9. The van der Waals surface area contributed by atoms with Crippen LogP contribution in [0, 0.1) is 13.8 Å². The fourth-order valence-electron chi connectivity index (χ4n) is 3.97. The SMILES string of the molecule is Cc1cc(C)n(-c2ccc(CCNC(=O)c3ccc4c(c3)CCN4S(C)(=O)=O)cc2)n1. The molecule has 1 amide bonds. The van der Waals surface area contributed by atoms with Crippen molar-refractivity contribution in [3.05, 3.63) is 76.6 Å². The molecule has 0 atom stereocenters. The highest BCUT2D eigenvalue weighted by Gasteiger charge is 2.26. The molecule has 7 nitrogen and oxygen atoms in total. The first kappa shape index (κ1) is 21.1. The second-order valence-corrected chi connectivity index (χ2v) is 9.85. The maximum Gasteiger partial charge on any atom is 0.251 e. The van der Waals surface area contributed by atoms with Crippen LogP contribution in [0.15, 0.2) is 48.5 Å². The lowest BCUT2D eigenvalue weighted by Gasteiger charge is -2.16. The minimum absolute atomic E-state index is 0.153. The molecule has 1 aliphatic rings. The molecule has 3 aromatic rings. The molecule has 2 heterocycles. The lowest BCUT2D eigenvalue weighted by atomic mass is 10.1. The van der Waals surface area contributed by atoms with Crippen LogP contribution in [-0.4, -0.2) is 43.5 Å². The number of fused-ring (bicyclic) bond motifs is 1. The third-order valence-electron chi connectivity index (χ3n) is 5.48. The van der Waals surface area contributed by atoms with Crippen LogP contribution in [0.4, 0.5) is 5.69 Å². The van der Waals surface area contributed by atoms with Gasteiger partial charge in [0.15, 0.2) is 0 Å². The molecule has 1 aromatic heterocycles. The van der Waals surface area contributed by atoms with Gasteiger partial charge in [-0.15, -0.1) is 0 Å². The number of amides is 1. The highest BCUT2D eigenvalue weighted by atomic mass is 32.2. The van der Waals surface area contributed by atoms with E-state index < -0.39 is 10.0 Å². The number of hydrogen-bond donors (Lipinski definition) is 1. The predicted molar refractivity (Wildman–Crippen MR) is 121 cm³/mol. The Hall–Kier alpha value is -3.13. The molecule has 0 saturated carbocycles. The summed E-state index contributed by atoms with van der Waals surface area (Å²) in [5.74, 6) is -0.153. The van der Waals surface area contributed by atoms with E-state index in [9.17, 15) is 13.2 Å². The maximum absolute atomic E-state index is 12.5. The Morgan fingerprint density at radius 2 is 1.84 bits per heavy atom. The summed E-state index contributed by atoms with van der Waals surface area (Å²) in [6.45, 7) is 4.95. The smallest absolute Gasteiger partial charge is 0.251 e. The summed E-state index contributed by atoms with van der Waals surface area (Å²) < 4.78 is 27.0. The van der Waals surface area contributed by atoms with Gasteiger partial charge in [-0.2, -0.15) is 5.10 Å². The standard InChI is InChI=1S/C23H26N4O3S/c1-16-14-17(2)27(25-16)21-7-4-18(5-8-21)10-12-24-23(28)20-6-9-22-19(15-20)11-13-26(22)31(3,29)30/h4-9,14-15H,10-13H2,1-3H3,(H,24,28). The first-order valence-corrected chi connectivity index (χ1v) is 12.1. The lowest BCUT2D eigenvalue weighted by Crippen LogP contribution is -2.27. The normalized spacial score (nSPS) is 13.3. The fraction of sp³-hybridized carbons (Fsp3) is 0.304. The van der Waals surface area contributed by atoms with Crippen LogP contribution in [0.5, 0.6) is 0 Å². The summed E-state index contributed by atoms with van der Waals surface area (Å²) in [6, 6.07) is 15.4. The number of aromatic nitrogens is 2. The van der Waals surface area contributed by atoms with Crippen molar-refractivity contribution in [1.29, 1.82) is 0 Å². The van der Waals surface area contributed by atoms with Crippen LogP contribution in [0.1, 0.15) is 32.9 Å². The number of benzene rings is 2. The molecule has 0 fully saturated rings. The van der Waals surface area contributed by atoms with E-state index in [1.54, 1.807) is 18.2 Å². The Labute approximate surface area is 182 Å². The average Bonchev–Trinajstić information content (AvgIpc) is 3.30. The molecule has 0 unspecified atom stereocenters. The number of hydrogen-bond acceptors (Lipinski definition) is 4. The molecule has 31 heavy (non-hydrogen) atoms. The molecule has 0 spiro atoms. The van der Waals surface area contributed by atoms with Gasteiger partial charge < -0.3 is 5.32 Å². The Bertz CT molecular complexity index is 1230. The molecular weight excluding hydrogens is 412 g/mol. The van der Waals surface area contributed by atoms with Gasteiger partial charge in [-0.05, 0) is 74.2 Å². The first-order valence-electron chi connectivity index (χ1n) is 10.2. The molecule has 1 N–H and O–H groups in total. The minimum Gasteiger partial charge on any atom is -0.352 e. The molecule has 0 radical (unpaired) electrons. The van der Waals surface area contributed by atoms with Crippen LogP contribution >= 0.6 is 0 Å². The topological polar surface area (TPSA) is 84.3 Å². The third kappa shape index (κ3) is 4.49. The van der Waals surface area contributed by atoms with Crippen molar-refractivity contribution in [2.45, 2.75) is 26.7 Å². The van der Waals surface area contributed by atoms with Gasteiger partial charge in [-0.3, -0.25) is 9.10 Å². The number of carbonyl (C=O) groups excluding carboxylic acids is 1. The summed E-state index contributed by atoms with van der Waals surface area (Å²) >= 11 is 0. The van der Waals surface area contributed by atoms with Gasteiger partial charge >= 0.3 is 0 Å². The largest absolute Gasteiger partial charge is 0.352 e. The van der Waals surface area contributed by atoms with Crippen LogP contribution in [0.3, 0.4) is 0 Å². The molecule has 2 aromatic carbocycles. The van der Waals surface area contributed by atoms with Gasteiger partial charge in [-0.1, -0.05) is 12.1 Å². The van der Waals surface area contributed by atoms with E-state index in [-0.39, 0.29) is 5.91 Å². The molecule has 0 aliphatic carbocycles. The number of aryl methyl sites for hydroxylation is 2. The summed E-state index contributed by atoms with van der Waals surface area (Å²) in [5, 5.41) is 7.45. The van der Waals surface area contributed by atoms with Crippen LogP contribution in [-0.2, 0) is 22.9 Å². The molecule has 8 heteroatoms. The Morgan fingerprint density at radius 3 is 2.48 bits per heavy atom. The van der Waals surface area contributed by atoms with Crippen molar-refractivity contribution in [3.63, 3.8) is 0 Å². The third-order valence-corrected chi connectivity index (χ3v) is 6.66. The predicted octanol–water partition coefficient (Wildman–Crippen LogP) is 2.78. The lowest BCUT2D eigenvalue weighted by molar-refractivity contribution is 0.0954. The van der Waals surface area contributed by atoms with Gasteiger partial charge in [-0.25, -0.2) is 13.1 Å². The van der Waals surface area contributed by atoms with Gasteiger partial charge in [0.25, 0.3) is 5.91 Å². The van der Waals surface area contributed by atoms with Gasteiger partial charge in [0.1, 0.15) is 0 Å². The fourth-order valence-corrected chi connectivity index (χ4v) is 4.93.